The van der Waals surface area contributed by atoms with Crippen LogP contribution in [-0.4, -0.2) is 20.1 Å². The Labute approximate surface area is 131 Å². The molecule has 3 N–H and O–H groups in total. The van der Waals surface area contributed by atoms with Crippen molar-refractivity contribution >= 4 is 21.6 Å². The van der Waals surface area contributed by atoms with Gasteiger partial charge in [0.2, 0.25) is 15.9 Å². The molecule has 3 rings (SSSR count). The van der Waals surface area contributed by atoms with E-state index in [0.717, 1.165) is 17.9 Å². The first kappa shape index (κ1) is 15.3. The molecular formula is C16H22N2O3S. The van der Waals surface area contributed by atoms with E-state index >= 15 is 0 Å². The molecule has 3 atom stereocenters. The molecule has 1 aromatic rings. The van der Waals surface area contributed by atoms with Gasteiger partial charge in [0.25, 0.3) is 0 Å². The van der Waals surface area contributed by atoms with Crippen LogP contribution in [0.2, 0.25) is 0 Å². The molecule has 22 heavy (non-hydrogen) atoms. The smallest absolute Gasteiger partial charge is 0.233 e. The topological polar surface area (TPSA) is 89.3 Å². The Kier molecular flexibility index (Phi) is 4.12. The number of nitrogens with one attached hydrogen (secondary N) is 1. The quantitative estimate of drug-likeness (QED) is 0.838. The second-order valence-corrected chi connectivity index (χ2v) is 8.43. The average molecular weight is 322 g/mol. The third-order valence-corrected chi connectivity index (χ3v) is 6.34. The first-order valence-corrected chi connectivity index (χ1v) is 9.44. The van der Waals surface area contributed by atoms with Crippen LogP contribution in [0, 0.1) is 17.8 Å². The van der Waals surface area contributed by atoms with E-state index in [2.05, 4.69) is 4.72 Å². The minimum Gasteiger partial charge on any atom is -0.369 e. The summed E-state index contributed by atoms with van der Waals surface area (Å²) in [7, 11) is -3.32. The molecular weight excluding hydrogens is 300 g/mol. The summed E-state index contributed by atoms with van der Waals surface area (Å²) in [6.07, 6.45) is 4.89. The molecule has 0 aromatic heterocycles. The van der Waals surface area contributed by atoms with Gasteiger partial charge in [0.1, 0.15) is 0 Å². The minimum absolute atomic E-state index is 0.165. The van der Waals surface area contributed by atoms with Crippen molar-refractivity contribution in [2.45, 2.75) is 32.1 Å². The Morgan fingerprint density at radius 3 is 2.45 bits per heavy atom. The number of carbonyl (C=O) groups excluding carboxylic acids is 1. The standard InChI is InChI=1S/C16H22N2O3S/c17-16(19)9-11-2-5-15(6-3-11)18-22(20,21)10-14-8-12-1-4-13(14)7-12/h2-3,5-6,12-14,18H,1,4,7-10H2,(H2,17,19). The largest absolute Gasteiger partial charge is 0.369 e. The highest BCUT2D eigenvalue weighted by atomic mass is 32.2. The van der Waals surface area contributed by atoms with Crippen LogP contribution in [0.25, 0.3) is 0 Å². The van der Waals surface area contributed by atoms with Gasteiger partial charge in [-0.1, -0.05) is 18.6 Å². The van der Waals surface area contributed by atoms with Gasteiger partial charge in [-0.25, -0.2) is 8.42 Å². The van der Waals surface area contributed by atoms with Crippen molar-refractivity contribution in [3.8, 4) is 0 Å². The van der Waals surface area contributed by atoms with E-state index in [1.54, 1.807) is 24.3 Å². The molecule has 5 nitrogen and oxygen atoms in total. The Balaban J connectivity index is 1.60. The van der Waals surface area contributed by atoms with Crippen molar-refractivity contribution in [3.05, 3.63) is 29.8 Å². The number of hydrogen-bond acceptors (Lipinski definition) is 3. The fraction of sp³-hybridized carbons (Fsp3) is 0.562. The van der Waals surface area contributed by atoms with Crippen LogP contribution < -0.4 is 10.5 Å². The molecule has 0 radical (unpaired) electrons. The molecule has 2 aliphatic rings. The second kappa shape index (κ2) is 5.91. The lowest BCUT2D eigenvalue weighted by molar-refractivity contribution is -0.117. The Morgan fingerprint density at radius 1 is 1.18 bits per heavy atom. The number of sulfonamides is 1. The van der Waals surface area contributed by atoms with Gasteiger partial charge >= 0.3 is 0 Å². The molecule has 0 aliphatic heterocycles. The molecule has 0 heterocycles. The lowest BCUT2D eigenvalue weighted by Crippen LogP contribution is -2.26. The normalized spacial score (nSPS) is 27.0. The number of hydrogen-bond donors (Lipinski definition) is 2. The minimum atomic E-state index is -3.32. The summed E-state index contributed by atoms with van der Waals surface area (Å²) in [5, 5.41) is 0. The van der Waals surface area contributed by atoms with E-state index < -0.39 is 15.9 Å². The molecule has 6 heteroatoms. The van der Waals surface area contributed by atoms with Gasteiger partial charge in [0.15, 0.2) is 0 Å². The molecule has 1 amide bonds. The molecule has 2 aliphatic carbocycles. The van der Waals surface area contributed by atoms with Gasteiger partial charge in [-0.3, -0.25) is 9.52 Å². The maximum absolute atomic E-state index is 12.3. The number of primary amides is 1. The SMILES string of the molecule is NC(=O)Cc1ccc(NS(=O)(=O)CC2CC3CCC2C3)cc1. The van der Waals surface area contributed by atoms with Crippen LogP contribution in [0.4, 0.5) is 5.69 Å². The van der Waals surface area contributed by atoms with Gasteiger partial charge in [0, 0.05) is 5.69 Å². The molecule has 2 fully saturated rings. The zero-order valence-electron chi connectivity index (χ0n) is 12.5. The first-order valence-electron chi connectivity index (χ1n) is 7.79. The molecule has 0 saturated heterocycles. The molecule has 2 saturated carbocycles. The summed E-state index contributed by atoms with van der Waals surface area (Å²) in [6.45, 7) is 0. The van der Waals surface area contributed by atoms with Gasteiger partial charge in [-0.15, -0.1) is 0 Å². The van der Waals surface area contributed by atoms with E-state index in [4.69, 9.17) is 5.73 Å². The maximum Gasteiger partial charge on any atom is 0.233 e. The van der Waals surface area contributed by atoms with Crippen LogP contribution in [0.15, 0.2) is 24.3 Å². The number of rotatable bonds is 6. The summed E-state index contributed by atoms with van der Waals surface area (Å²) in [5.41, 5.74) is 6.45. The van der Waals surface area contributed by atoms with Crippen molar-refractivity contribution in [3.63, 3.8) is 0 Å². The molecule has 2 bridgehead atoms. The van der Waals surface area contributed by atoms with Crippen LogP contribution >= 0.6 is 0 Å². The lowest BCUT2D eigenvalue weighted by atomic mass is 9.90. The number of amides is 1. The fourth-order valence-electron chi connectivity index (χ4n) is 3.98. The van der Waals surface area contributed by atoms with E-state index in [1.165, 1.54) is 19.3 Å². The predicted octanol–water partition coefficient (Wildman–Crippen LogP) is 1.89. The summed E-state index contributed by atoms with van der Waals surface area (Å²) >= 11 is 0. The summed E-state index contributed by atoms with van der Waals surface area (Å²) < 4.78 is 27.3. The number of benzene rings is 1. The monoisotopic (exact) mass is 322 g/mol. The highest BCUT2D eigenvalue weighted by Gasteiger charge is 2.41. The van der Waals surface area contributed by atoms with Gasteiger partial charge in [0.05, 0.1) is 12.2 Å². The number of nitrogens with two attached hydrogens (primary N) is 1. The van der Waals surface area contributed by atoms with Crippen molar-refractivity contribution in [2.24, 2.45) is 23.5 Å². The van der Waals surface area contributed by atoms with E-state index in [0.29, 0.717) is 17.5 Å². The highest BCUT2D eigenvalue weighted by molar-refractivity contribution is 7.92. The summed E-state index contributed by atoms with van der Waals surface area (Å²) in [5.74, 6) is 1.48. The van der Waals surface area contributed by atoms with Crippen molar-refractivity contribution in [1.82, 2.24) is 0 Å². The number of anilines is 1. The van der Waals surface area contributed by atoms with E-state index in [-0.39, 0.29) is 12.2 Å². The van der Waals surface area contributed by atoms with Crippen molar-refractivity contribution in [2.75, 3.05) is 10.5 Å². The molecule has 1 aromatic carbocycles. The predicted molar refractivity (Wildman–Crippen MR) is 85.7 cm³/mol. The van der Waals surface area contributed by atoms with E-state index in [1.807, 2.05) is 0 Å². The average Bonchev–Trinajstić information content (AvgIpc) is 3.02. The molecule has 0 spiro atoms. The van der Waals surface area contributed by atoms with Gasteiger partial charge in [-0.2, -0.15) is 0 Å². The highest BCUT2D eigenvalue weighted by Crippen LogP contribution is 2.48. The van der Waals surface area contributed by atoms with E-state index in [9.17, 15) is 13.2 Å². The van der Waals surface area contributed by atoms with Gasteiger partial charge in [-0.05, 0) is 54.7 Å². The van der Waals surface area contributed by atoms with Crippen LogP contribution in [0.3, 0.4) is 0 Å². The van der Waals surface area contributed by atoms with Crippen LogP contribution in [-0.2, 0) is 21.2 Å². The van der Waals surface area contributed by atoms with Gasteiger partial charge < -0.3 is 5.73 Å². The number of fused-ring (bicyclic) bond motifs is 2. The Morgan fingerprint density at radius 2 is 1.91 bits per heavy atom. The molecule has 120 valence electrons. The molecule has 3 unspecified atom stereocenters. The number of carbonyl (C=O) groups is 1. The first-order chi connectivity index (χ1) is 10.4. The third kappa shape index (κ3) is 3.61. The van der Waals surface area contributed by atoms with Crippen molar-refractivity contribution in [1.29, 1.82) is 0 Å². The summed E-state index contributed by atoms with van der Waals surface area (Å²) in [6, 6.07) is 6.80. The fourth-order valence-corrected chi connectivity index (χ4v) is 5.53. The zero-order valence-corrected chi connectivity index (χ0v) is 13.3. The zero-order chi connectivity index (χ0) is 15.7. The lowest BCUT2D eigenvalue weighted by Gasteiger charge is -2.21. The Hall–Kier alpha value is -1.56. The Bertz CT molecular complexity index is 654. The van der Waals surface area contributed by atoms with Crippen LogP contribution in [0.1, 0.15) is 31.2 Å². The maximum atomic E-state index is 12.3. The van der Waals surface area contributed by atoms with Crippen molar-refractivity contribution < 1.29 is 13.2 Å². The second-order valence-electron chi connectivity index (χ2n) is 6.66. The van der Waals surface area contributed by atoms with Crippen LogP contribution in [0.5, 0.6) is 0 Å². The summed E-state index contributed by atoms with van der Waals surface area (Å²) in [4.78, 5) is 10.8. The third-order valence-electron chi connectivity index (χ3n) is 4.92.